The molecule has 1 aliphatic rings. The second-order valence-corrected chi connectivity index (χ2v) is 8.45. The van der Waals surface area contributed by atoms with Gasteiger partial charge in [0.2, 0.25) is 5.95 Å². The molecule has 6 unspecified atom stereocenters. The number of nitrogens with zero attached hydrogens (tertiary/aromatic N) is 3. The third-order valence-electron chi connectivity index (χ3n) is 4.47. The Kier molecular flexibility index (Phi) is 4.91. The van der Waals surface area contributed by atoms with E-state index in [0.29, 0.717) is 0 Å². The van der Waals surface area contributed by atoms with E-state index in [0.717, 1.165) is 0 Å². The zero-order chi connectivity index (χ0) is 19.2. The fourth-order valence-corrected chi connectivity index (χ4v) is 3.90. The molecule has 2 aromatic heterocycles. The standard InChI is InChI=1S/C14H21FN5O5P/c1-6-8(15)13(24-10(6)7(2)25-26(4,22)23-3)20-5-17-9-11(20)18-14(16)19-12(9)21/h5-8,10,13H,1-4H3,(H3,16,18,19,21). The summed E-state index contributed by atoms with van der Waals surface area (Å²) in [6.07, 6.45) is -2.58. The molecule has 144 valence electrons. The number of aromatic amines is 1. The van der Waals surface area contributed by atoms with Crippen LogP contribution in [0.2, 0.25) is 0 Å². The van der Waals surface area contributed by atoms with Gasteiger partial charge in [-0.2, -0.15) is 4.98 Å². The first kappa shape index (κ1) is 19.0. The number of anilines is 1. The summed E-state index contributed by atoms with van der Waals surface area (Å²) in [5.74, 6) is -0.672. The molecule has 3 N–H and O–H groups in total. The van der Waals surface area contributed by atoms with Gasteiger partial charge in [0, 0.05) is 19.7 Å². The van der Waals surface area contributed by atoms with Crippen LogP contribution in [0.3, 0.4) is 0 Å². The summed E-state index contributed by atoms with van der Waals surface area (Å²) < 4.78 is 44.3. The molecule has 0 radical (unpaired) electrons. The van der Waals surface area contributed by atoms with Crippen molar-refractivity contribution in [1.82, 2.24) is 19.5 Å². The van der Waals surface area contributed by atoms with Crippen molar-refractivity contribution in [2.75, 3.05) is 19.5 Å². The first-order chi connectivity index (χ1) is 12.1. The van der Waals surface area contributed by atoms with E-state index in [1.807, 2.05) is 0 Å². The van der Waals surface area contributed by atoms with E-state index in [4.69, 9.17) is 19.5 Å². The maximum absolute atomic E-state index is 14.9. The van der Waals surface area contributed by atoms with Crippen molar-refractivity contribution < 1.29 is 22.7 Å². The van der Waals surface area contributed by atoms with Gasteiger partial charge in [0.15, 0.2) is 23.6 Å². The molecule has 2 aromatic rings. The summed E-state index contributed by atoms with van der Waals surface area (Å²) in [6.45, 7) is 4.63. The van der Waals surface area contributed by atoms with Gasteiger partial charge >= 0.3 is 7.60 Å². The third-order valence-corrected chi connectivity index (χ3v) is 5.85. The molecule has 0 spiro atoms. The van der Waals surface area contributed by atoms with E-state index in [-0.39, 0.29) is 17.1 Å². The Morgan fingerprint density at radius 3 is 2.88 bits per heavy atom. The number of hydrogen-bond acceptors (Lipinski definition) is 8. The van der Waals surface area contributed by atoms with Crippen LogP contribution in [0.5, 0.6) is 0 Å². The van der Waals surface area contributed by atoms with Gasteiger partial charge in [-0.05, 0) is 6.92 Å². The van der Waals surface area contributed by atoms with E-state index in [9.17, 15) is 13.8 Å². The summed E-state index contributed by atoms with van der Waals surface area (Å²) >= 11 is 0. The lowest BCUT2D eigenvalue weighted by atomic mass is 9.98. The first-order valence-electron chi connectivity index (χ1n) is 7.98. The lowest BCUT2D eigenvalue weighted by Crippen LogP contribution is -2.31. The highest BCUT2D eigenvalue weighted by Crippen LogP contribution is 2.47. The Morgan fingerprint density at radius 2 is 2.23 bits per heavy atom. The molecule has 26 heavy (non-hydrogen) atoms. The van der Waals surface area contributed by atoms with Crippen molar-refractivity contribution in [3.05, 3.63) is 16.7 Å². The number of fused-ring (bicyclic) bond motifs is 1. The van der Waals surface area contributed by atoms with Crippen molar-refractivity contribution in [1.29, 1.82) is 0 Å². The second kappa shape index (κ2) is 6.73. The molecule has 12 heteroatoms. The van der Waals surface area contributed by atoms with Crippen molar-refractivity contribution in [2.45, 2.75) is 38.5 Å². The number of nitrogen functional groups attached to an aromatic ring is 1. The summed E-state index contributed by atoms with van der Waals surface area (Å²) in [5, 5.41) is 0. The average molecular weight is 389 g/mol. The van der Waals surface area contributed by atoms with Gasteiger partial charge < -0.3 is 19.5 Å². The monoisotopic (exact) mass is 389 g/mol. The summed E-state index contributed by atoms with van der Waals surface area (Å²) in [5.41, 5.74) is 5.20. The highest BCUT2D eigenvalue weighted by Gasteiger charge is 2.47. The molecule has 3 rings (SSSR count). The van der Waals surface area contributed by atoms with Gasteiger partial charge in [0.25, 0.3) is 5.56 Å². The van der Waals surface area contributed by atoms with Crippen LogP contribution in [0.15, 0.2) is 11.1 Å². The van der Waals surface area contributed by atoms with Crippen LogP contribution in [0.4, 0.5) is 10.3 Å². The number of rotatable bonds is 5. The highest BCUT2D eigenvalue weighted by atomic mass is 31.2. The van der Waals surface area contributed by atoms with E-state index < -0.39 is 43.7 Å². The third kappa shape index (κ3) is 3.27. The topological polar surface area (TPSA) is 134 Å². The molecular weight excluding hydrogens is 368 g/mol. The molecule has 0 saturated carbocycles. The molecule has 1 fully saturated rings. The van der Waals surface area contributed by atoms with Crippen LogP contribution in [0.1, 0.15) is 20.1 Å². The Hall–Kier alpha value is -1.81. The summed E-state index contributed by atoms with van der Waals surface area (Å²) in [6, 6.07) is 0. The SMILES string of the molecule is COP(C)(=O)OC(C)C1OC(n2cnc3c(=O)[nH]c(N)nc32)C(F)C1C. The number of nitrogens with two attached hydrogens (primary N) is 1. The molecule has 6 atom stereocenters. The molecular formula is C14H21FN5O5P. The van der Waals surface area contributed by atoms with Crippen LogP contribution < -0.4 is 11.3 Å². The number of halogens is 1. The number of nitrogens with one attached hydrogen (secondary N) is 1. The average Bonchev–Trinajstić information content (AvgIpc) is 3.09. The van der Waals surface area contributed by atoms with Crippen molar-refractivity contribution >= 4 is 24.7 Å². The number of alkyl halides is 1. The van der Waals surface area contributed by atoms with Crippen LogP contribution >= 0.6 is 7.60 Å². The Balaban J connectivity index is 1.91. The minimum absolute atomic E-state index is 0.0350. The van der Waals surface area contributed by atoms with Gasteiger partial charge in [0.1, 0.15) is 0 Å². The lowest BCUT2D eigenvalue weighted by molar-refractivity contribution is -0.0604. The molecule has 10 nitrogen and oxygen atoms in total. The van der Waals surface area contributed by atoms with Gasteiger partial charge in [-0.1, -0.05) is 6.92 Å². The number of aromatic nitrogens is 4. The number of ether oxygens (including phenoxy) is 1. The van der Waals surface area contributed by atoms with Crippen LogP contribution in [0.25, 0.3) is 11.2 Å². The maximum Gasteiger partial charge on any atom is 0.327 e. The molecule has 1 aliphatic heterocycles. The van der Waals surface area contributed by atoms with E-state index in [1.54, 1.807) is 13.8 Å². The number of H-pyrrole nitrogens is 1. The maximum atomic E-state index is 14.9. The predicted molar refractivity (Wildman–Crippen MR) is 91.6 cm³/mol. The van der Waals surface area contributed by atoms with Crippen molar-refractivity contribution in [3.63, 3.8) is 0 Å². The molecule has 0 amide bonds. The fraction of sp³-hybridized carbons (Fsp3) is 0.643. The number of hydrogen-bond donors (Lipinski definition) is 2. The second-order valence-electron chi connectivity index (χ2n) is 6.33. The first-order valence-corrected chi connectivity index (χ1v) is 9.97. The Bertz CT molecular complexity index is 917. The normalized spacial score (nSPS) is 29.7. The highest BCUT2D eigenvalue weighted by molar-refractivity contribution is 7.52. The van der Waals surface area contributed by atoms with Crippen LogP contribution in [-0.4, -0.2) is 51.7 Å². The Labute approximate surface area is 148 Å². The smallest absolute Gasteiger partial charge is 0.327 e. The quantitative estimate of drug-likeness (QED) is 0.734. The van der Waals surface area contributed by atoms with E-state index in [1.165, 1.54) is 24.7 Å². The van der Waals surface area contributed by atoms with Gasteiger partial charge in [-0.3, -0.25) is 18.9 Å². The Morgan fingerprint density at radius 1 is 1.54 bits per heavy atom. The van der Waals surface area contributed by atoms with Crippen LogP contribution in [0, 0.1) is 5.92 Å². The largest absolute Gasteiger partial charge is 0.369 e. The predicted octanol–water partition coefficient (Wildman–Crippen LogP) is 1.45. The van der Waals surface area contributed by atoms with Gasteiger partial charge in [-0.15, -0.1) is 0 Å². The summed E-state index contributed by atoms with van der Waals surface area (Å²) in [4.78, 5) is 22.2. The minimum Gasteiger partial charge on any atom is -0.369 e. The van der Waals surface area contributed by atoms with Crippen molar-refractivity contribution in [2.24, 2.45) is 5.92 Å². The van der Waals surface area contributed by atoms with E-state index in [2.05, 4.69) is 15.0 Å². The number of imidazole rings is 1. The minimum atomic E-state index is -3.26. The van der Waals surface area contributed by atoms with Gasteiger partial charge in [0.05, 0.1) is 18.5 Å². The van der Waals surface area contributed by atoms with Crippen molar-refractivity contribution in [3.8, 4) is 0 Å². The zero-order valence-corrected chi connectivity index (χ0v) is 15.6. The molecule has 0 aromatic carbocycles. The summed E-state index contributed by atoms with van der Waals surface area (Å²) in [7, 11) is -1.98. The zero-order valence-electron chi connectivity index (χ0n) is 14.7. The van der Waals surface area contributed by atoms with Crippen LogP contribution in [-0.2, 0) is 18.3 Å². The van der Waals surface area contributed by atoms with E-state index >= 15 is 0 Å². The van der Waals surface area contributed by atoms with Gasteiger partial charge in [-0.25, -0.2) is 9.37 Å². The molecule has 1 saturated heterocycles. The fourth-order valence-electron chi connectivity index (χ4n) is 3.09. The molecule has 0 aliphatic carbocycles. The molecule has 3 heterocycles. The molecule has 0 bridgehead atoms. The lowest BCUT2D eigenvalue weighted by Gasteiger charge is -2.25.